The first-order valence-corrected chi connectivity index (χ1v) is 5.83. The van der Waals surface area contributed by atoms with Crippen molar-refractivity contribution in [1.82, 2.24) is 0 Å². The Morgan fingerprint density at radius 1 is 1.21 bits per heavy atom. The van der Waals surface area contributed by atoms with Crippen molar-refractivity contribution in [2.24, 2.45) is 0 Å². The monoisotopic (exact) mass is 260 g/mol. The summed E-state index contributed by atoms with van der Waals surface area (Å²) < 4.78 is 16.1. The smallest absolute Gasteiger partial charge is 0.336 e. The molecule has 2 heterocycles. The highest BCUT2D eigenvalue weighted by molar-refractivity contribution is 5.80. The van der Waals surface area contributed by atoms with Crippen LogP contribution in [0.5, 0.6) is 11.5 Å². The van der Waals surface area contributed by atoms with E-state index in [2.05, 4.69) is 6.58 Å². The quantitative estimate of drug-likeness (QED) is 0.574. The average molecular weight is 260 g/mol. The van der Waals surface area contributed by atoms with E-state index in [9.17, 15) is 9.90 Å². The fourth-order valence-electron chi connectivity index (χ4n) is 1.85. The lowest BCUT2D eigenvalue weighted by Gasteiger charge is -2.21. The van der Waals surface area contributed by atoms with Gasteiger partial charge >= 0.3 is 5.63 Å². The van der Waals surface area contributed by atoms with Gasteiger partial charge in [0.1, 0.15) is 24.9 Å². The summed E-state index contributed by atoms with van der Waals surface area (Å²) in [6, 6.07) is 6.33. The Hall–Kier alpha value is -2.27. The van der Waals surface area contributed by atoms with Crippen molar-refractivity contribution in [3.8, 4) is 11.5 Å². The van der Waals surface area contributed by atoms with Gasteiger partial charge in [0.15, 0.2) is 11.5 Å². The van der Waals surface area contributed by atoms with Gasteiger partial charge in [0, 0.05) is 17.5 Å². The van der Waals surface area contributed by atoms with Gasteiger partial charge < -0.3 is 19.0 Å². The molecule has 98 valence electrons. The van der Waals surface area contributed by atoms with Gasteiger partial charge in [0.25, 0.3) is 0 Å². The molecule has 1 aromatic heterocycles. The maximum atomic E-state index is 11.2. The second-order valence-electron chi connectivity index (χ2n) is 4.36. The molecule has 0 amide bonds. The molecule has 2 aromatic rings. The molecule has 1 unspecified atom stereocenters. The molecule has 0 saturated heterocycles. The summed E-state index contributed by atoms with van der Waals surface area (Å²) in [6.07, 6.45) is -0.772. The first kappa shape index (κ1) is 11.8. The Morgan fingerprint density at radius 3 is 2.84 bits per heavy atom. The number of aliphatic hydroxyl groups excluding tert-OH is 1. The number of hydrogen-bond donors (Lipinski definition) is 1. The normalized spacial score (nSPS) is 19.0. The standard InChI is InChI=1S/C14H12O5/c1-8-6-17-12-4-9-2-3-14(16)19-11(9)5-13(12)18-7-10(8)15/h2-5,10,15H,1,6-7H2. The minimum Gasteiger partial charge on any atom is -0.486 e. The third kappa shape index (κ3) is 2.20. The molecule has 0 radical (unpaired) electrons. The summed E-state index contributed by atoms with van der Waals surface area (Å²) >= 11 is 0. The van der Waals surface area contributed by atoms with Gasteiger partial charge in [0.2, 0.25) is 0 Å². The zero-order chi connectivity index (χ0) is 13.4. The van der Waals surface area contributed by atoms with E-state index in [0.29, 0.717) is 22.7 Å². The molecule has 0 spiro atoms. The van der Waals surface area contributed by atoms with Crippen LogP contribution in [-0.4, -0.2) is 24.4 Å². The predicted molar refractivity (Wildman–Crippen MR) is 68.6 cm³/mol. The summed E-state index contributed by atoms with van der Waals surface area (Å²) in [5.41, 5.74) is 0.557. The Balaban J connectivity index is 2.10. The Labute approximate surface area is 108 Å². The van der Waals surface area contributed by atoms with E-state index in [-0.39, 0.29) is 13.2 Å². The highest BCUT2D eigenvalue weighted by atomic mass is 16.5. The van der Waals surface area contributed by atoms with Gasteiger partial charge in [-0.1, -0.05) is 6.58 Å². The van der Waals surface area contributed by atoms with Crippen LogP contribution >= 0.6 is 0 Å². The van der Waals surface area contributed by atoms with Gasteiger partial charge in [0.05, 0.1) is 0 Å². The lowest BCUT2D eigenvalue weighted by Crippen LogP contribution is -2.25. The van der Waals surface area contributed by atoms with Gasteiger partial charge in [-0.05, 0) is 17.7 Å². The van der Waals surface area contributed by atoms with Crippen molar-refractivity contribution in [2.45, 2.75) is 6.10 Å². The third-order valence-corrected chi connectivity index (χ3v) is 2.97. The molecule has 3 rings (SSSR count). The molecule has 0 bridgehead atoms. The van der Waals surface area contributed by atoms with Crippen molar-refractivity contribution < 1.29 is 19.0 Å². The maximum Gasteiger partial charge on any atom is 0.336 e. The number of ether oxygens (including phenoxy) is 2. The van der Waals surface area contributed by atoms with E-state index < -0.39 is 11.7 Å². The number of aliphatic hydroxyl groups is 1. The van der Waals surface area contributed by atoms with Crippen LogP contribution in [0.1, 0.15) is 0 Å². The van der Waals surface area contributed by atoms with Crippen LogP contribution in [0.4, 0.5) is 0 Å². The topological polar surface area (TPSA) is 68.9 Å². The van der Waals surface area contributed by atoms with Gasteiger partial charge in [-0.25, -0.2) is 4.79 Å². The van der Waals surface area contributed by atoms with E-state index in [0.717, 1.165) is 5.39 Å². The Kier molecular flexibility index (Phi) is 2.76. The lowest BCUT2D eigenvalue weighted by atomic mass is 10.1. The Bertz CT molecular complexity index is 701. The summed E-state index contributed by atoms with van der Waals surface area (Å²) in [6.45, 7) is 4.05. The number of hydrogen-bond acceptors (Lipinski definition) is 5. The highest BCUT2D eigenvalue weighted by Crippen LogP contribution is 2.33. The van der Waals surface area contributed by atoms with Gasteiger partial charge in [-0.2, -0.15) is 0 Å². The van der Waals surface area contributed by atoms with Crippen LogP contribution < -0.4 is 15.1 Å². The zero-order valence-corrected chi connectivity index (χ0v) is 10.1. The molecule has 1 atom stereocenters. The van der Waals surface area contributed by atoms with E-state index in [1.54, 1.807) is 18.2 Å². The van der Waals surface area contributed by atoms with Crippen LogP contribution in [0.15, 0.2) is 45.6 Å². The van der Waals surface area contributed by atoms with Gasteiger partial charge in [-0.3, -0.25) is 0 Å². The molecule has 1 aromatic carbocycles. The second-order valence-corrected chi connectivity index (χ2v) is 4.36. The number of rotatable bonds is 0. The Morgan fingerprint density at radius 2 is 2.00 bits per heavy atom. The molecule has 0 fully saturated rings. The molecule has 19 heavy (non-hydrogen) atoms. The van der Waals surface area contributed by atoms with Crippen molar-refractivity contribution in [1.29, 1.82) is 0 Å². The van der Waals surface area contributed by atoms with Gasteiger partial charge in [-0.15, -0.1) is 0 Å². The van der Waals surface area contributed by atoms with E-state index in [1.165, 1.54) is 6.07 Å². The first-order chi connectivity index (χ1) is 9.13. The van der Waals surface area contributed by atoms with Crippen molar-refractivity contribution >= 4 is 11.0 Å². The highest BCUT2D eigenvalue weighted by Gasteiger charge is 2.18. The summed E-state index contributed by atoms with van der Waals surface area (Å²) in [5, 5.41) is 10.4. The molecule has 5 heteroatoms. The SMILES string of the molecule is C=C1COc2cc3ccc(=O)oc3cc2OCC1O. The number of fused-ring (bicyclic) bond motifs is 2. The molecular formula is C14H12O5. The van der Waals surface area contributed by atoms with Crippen molar-refractivity contribution in [3.05, 3.63) is 46.8 Å². The number of benzene rings is 1. The van der Waals surface area contributed by atoms with Crippen molar-refractivity contribution in [2.75, 3.05) is 13.2 Å². The largest absolute Gasteiger partial charge is 0.486 e. The summed E-state index contributed by atoms with van der Waals surface area (Å²) in [7, 11) is 0. The fraction of sp³-hybridized carbons (Fsp3) is 0.214. The predicted octanol–water partition coefficient (Wildman–Crippen LogP) is 1.48. The summed E-state index contributed by atoms with van der Waals surface area (Å²) in [5.74, 6) is 0.975. The van der Waals surface area contributed by atoms with Crippen LogP contribution in [0, 0.1) is 0 Å². The first-order valence-electron chi connectivity index (χ1n) is 5.83. The fourth-order valence-corrected chi connectivity index (χ4v) is 1.85. The average Bonchev–Trinajstić information content (AvgIpc) is 2.40. The van der Waals surface area contributed by atoms with Crippen molar-refractivity contribution in [3.63, 3.8) is 0 Å². The van der Waals surface area contributed by atoms with E-state index in [4.69, 9.17) is 13.9 Å². The minimum absolute atomic E-state index is 0.0950. The molecule has 1 aliphatic heterocycles. The minimum atomic E-state index is -0.772. The molecule has 1 N–H and O–H groups in total. The molecule has 1 aliphatic rings. The van der Waals surface area contributed by atoms with E-state index in [1.807, 2.05) is 0 Å². The van der Waals surface area contributed by atoms with Crippen LogP contribution in [0.2, 0.25) is 0 Å². The molecule has 5 nitrogen and oxygen atoms in total. The molecule has 0 saturated carbocycles. The van der Waals surface area contributed by atoms with Crippen LogP contribution in [-0.2, 0) is 0 Å². The lowest BCUT2D eigenvalue weighted by molar-refractivity contribution is 0.113. The second kappa shape index (κ2) is 4.44. The molecular weight excluding hydrogens is 248 g/mol. The molecule has 0 aliphatic carbocycles. The third-order valence-electron chi connectivity index (χ3n) is 2.97. The van der Waals surface area contributed by atoms with Crippen LogP contribution in [0.3, 0.4) is 0 Å². The zero-order valence-electron chi connectivity index (χ0n) is 10.1. The summed E-state index contributed by atoms with van der Waals surface area (Å²) in [4.78, 5) is 11.2. The van der Waals surface area contributed by atoms with Crippen LogP contribution in [0.25, 0.3) is 11.0 Å². The van der Waals surface area contributed by atoms with E-state index >= 15 is 0 Å². The maximum absolute atomic E-state index is 11.2.